The molecule has 1 atom stereocenters. The van der Waals surface area contributed by atoms with Gasteiger partial charge < -0.3 is 15.6 Å². The zero-order valence-corrected chi connectivity index (χ0v) is 12.6. The predicted octanol–water partition coefficient (Wildman–Crippen LogP) is 2.14. The molecule has 0 aliphatic heterocycles. The number of ether oxygens (including phenoxy) is 1. The van der Waals surface area contributed by atoms with Gasteiger partial charge in [-0.25, -0.2) is 9.59 Å². The highest BCUT2D eigenvalue weighted by molar-refractivity contribution is 5.98. The molecule has 2 rings (SSSR count). The van der Waals surface area contributed by atoms with E-state index in [0.29, 0.717) is 6.42 Å². The van der Waals surface area contributed by atoms with E-state index in [0.717, 1.165) is 11.1 Å². The van der Waals surface area contributed by atoms with Gasteiger partial charge in [0.15, 0.2) is 0 Å². The van der Waals surface area contributed by atoms with Gasteiger partial charge in [0.2, 0.25) is 0 Å². The molecule has 0 aliphatic rings. The predicted molar refractivity (Wildman–Crippen MR) is 86.6 cm³/mol. The fraction of sp³-hybridized carbons (Fsp3) is 0.222. The van der Waals surface area contributed by atoms with Crippen LogP contribution in [0.15, 0.2) is 54.6 Å². The molecule has 2 aromatic rings. The fourth-order valence-corrected chi connectivity index (χ4v) is 2.08. The molecule has 120 valence electrons. The number of rotatable bonds is 6. The molecule has 0 spiro atoms. The number of esters is 2. The summed E-state index contributed by atoms with van der Waals surface area (Å²) in [4.78, 5) is 23.6. The molecule has 0 saturated heterocycles. The van der Waals surface area contributed by atoms with Gasteiger partial charge in [-0.15, -0.1) is 0 Å². The van der Waals surface area contributed by atoms with Crippen molar-refractivity contribution in [3.05, 3.63) is 60.2 Å². The summed E-state index contributed by atoms with van der Waals surface area (Å²) in [6.45, 7) is -0.0596. The molecule has 0 aliphatic carbocycles. The molecule has 5 heteroatoms. The van der Waals surface area contributed by atoms with E-state index < -0.39 is 18.0 Å². The first-order chi connectivity index (χ1) is 11.1. The largest absolute Gasteiger partial charge is 0.396 e. The molecular weight excluding hydrogens is 294 g/mol. The van der Waals surface area contributed by atoms with E-state index in [4.69, 9.17) is 15.6 Å². The molecule has 23 heavy (non-hydrogen) atoms. The van der Waals surface area contributed by atoms with Crippen LogP contribution < -0.4 is 5.73 Å². The smallest absolute Gasteiger partial charge is 0.345 e. The van der Waals surface area contributed by atoms with Gasteiger partial charge in [0, 0.05) is 6.61 Å². The Morgan fingerprint density at radius 2 is 1.61 bits per heavy atom. The van der Waals surface area contributed by atoms with Gasteiger partial charge in [-0.3, -0.25) is 0 Å². The van der Waals surface area contributed by atoms with Crippen LogP contribution in [0.5, 0.6) is 0 Å². The number of carbonyl (C=O) groups is 2. The number of benzene rings is 2. The van der Waals surface area contributed by atoms with Gasteiger partial charge in [-0.1, -0.05) is 42.5 Å². The zero-order chi connectivity index (χ0) is 16.7. The minimum absolute atomic E-state index is 0.0596. The van der Waals surface area contributed by atoms with Crippen molar-refractivity contribution in [1.82, 2.24) is 0 Å². The average molecular weight is 313 g/mol. The Morgan fingerprint density at radius 3 is 2.22 bits per heavy atom. The minimum Gasteiger partial charge on any atom is -0.396 e. The lowest BCUT2D eigenvalue weighted by molar-refractivity contribution is -0.139. The summed E-state index contributed by atoms with van der Waals surface area (Å²) >= 11 is 0. The molecule has 0 saturated carbocycles. The molecule has 0 amide bonds. The second-order valence-corrected chi connectivity index (χ2v) is 5.12. The van der Waals surface area contributed by atoms with Crippen molar-refractivity contribution < 1.29 is 19.4 Å². The van der Waals surface area contributed by atoms with Crippen LogP contribution in [0.4, 0.5) is 0 Å². The summed E-state index contributed by atoms with van der Waals surface area (Å²) in [7, 11) is 0. The van der Waals surface area contributed by atoms with Gasteiger partial charge in [0.1, 0.15) is 6.04 Å². The van der Waals surface area contributed by atoms with E-state index >= 15 is 0 Å². The van der Waals surface area contributed by atoms with E-state index in [2.05, 4.69) is 0 Å². The van der Waals surface area contributed by atoms with E-state index in [1.54, 1.807) is 24.3 Å². The highest BCUT2D eigenvalue weighted by Gasteiger charge is 2.19. The number of nitrogens with two attached hydrogens (primary N) is 1. The second-order valence-electron chi connectivity index (χ2n) is 5.12. The number of aliphatic hydroxyl groups is 1. The lowest BCUT2D eigenvalue weighted by Crippen LogP contribution is -2.34. The molecule has 0 fully saturated rings. The maximum Gasteiger partial charge on any atom is 0.345 e. The summed E-state index contributed by atoms with van der Waals surface area (Å²) in [5.74, 6) is -1.51. The Balaban J connectivity index is 1.99. The zero-order valence-electron chi connectivity index (χ0n) is 12.6. The maximum absolute atomic E-state index is 11.9. The quantitative estimate of drug-likeness (QED) is 0.630. The standard InChI is InChI=1S/C18H19NO4/c19-16(7-4-12-20)18(22)23-17(21)15-10-8-14(9-11-15)13-5-2-1-3-6-13/h1-3,5-6,8-11,16,20H,4,7,12,19H2. The molecule has 3 N–H and O–H groups in total. The number of aliphatic hydroxyl groups excluding tert-OH is 1. The van der Waals surface area contributed by atoms with E-state index in [9.17, 15) is 9.59 Å². The van der Waals surface area contributed by atoms with Crippen LogP contribution in [0, 0.1) is 0 Å². The van der Waals surface area contributed by atoms with Gasteiger partial charge >= 0.3 is 11.9 Å². The van der Waals surface area contributed by atoms with Crippen molar-refractivity contribution in [2.75, 3.05) is 6.61 Å². The topological polar surface area (TPSA) is 89.6 Å². The molecule has 0 aromatic heterocycles. The van der Waals surface area contributed by atoms with Crippen LogP contribution in [-0.4, -0.2) is 29.7 Å². The first kappa shape index (κ1) is 16.9. The van der Waals surface area contributed by atoms with Gasteiger partial charge in [-0.05, 0) is 36.1 Å². The van der Waals surface area contributed by atoms with Gasteiger partial charge in [0.25, 0.3) is 0 Å². The first-order valence-corrected chi connectivity index (χ1v) is 7.40. The van der Waals surface area contributed by atoms with Crippen LogP contribution >= 0.6 is 0 Å². The van der Waals surface area contributed by atoms with Crippen molar-refractivity contribution in [1.29, 1.82) is 0 Å². The Kier molecular flexibility index (Phi) is 6.02. The highest BCUT2D eigenvalue weighted by Crippen LogP contribution is 2.19. The van der Waals surface area contributed by atoms with Gasteiger partial charge in [-0.2, -0.15) is 0 Å². The van der Waals surface area contributed by atoms with Crippen molar-refractivity contribution in [3.8, 4) is 11.1 Å². The summed E-state index contributed by atoms with van der Waals surface area (Å²) in [6, 6.07) is 15.6. The number of hydrogen-bond acceptors (Lipinski definition) is 5. The monoisotopic (exact) mass is 313 g/mol. The lowest BCUT2D eigenvalue weighted by atomic mass is 10.0. The maximum atomic E-state index is 11.9. The summed E-state index contributed by atoms with van der Waals surface area (Å²) in [5.41, 5.74) is 7.88. The number of hydrogen-bond donors (Lipinski definition) is 2. The third kappa shape index (κ3) is 4.74. The first-order valence-electron chi connectivity index (χ1n) is 7.40. The SMILES string of the molecule is NC(CCCO)C(=O)OC(=O)c1ccc(-c2ccccc2)cc1. The summed E-state index contributed by atoms with van der Waals surface area (Å²) in [6.07, 6.45) is 0.659. The molecular formula is C18H19NO4. The molecule has 0 radical (unpaired) electrons. The molecule has 0 heterocycles. The van der Waals surface area contributed by atoms with Crippen LogP contribution in [-0.2, 0) is 9.53 Å². The van der Waals surface area contributed by atoms with Crippen molar-refractivity contribution in [2.45, 2.75) is 18.9 Å². The Hall–Kier alpha value is -2.50. The van der Waals surface area contributed by atoms with E-state index in [1.165, 1.54) is 0 Å². The van der Waals surface area contributed by atoms with Crippen molar-refractivity contribution in [3.63, 3.8) is 0 Å². The van der Waals surface area contributed by atoms with Crippen LogP contribution in [0.1, 0.15) is 23.2 Å². The average Bonchev–Trinajstić information content (AvgIpc) is 2.60. The van der Waals surface area contributed by atoms with Crippen molar-refractivity contribution in [2.24, 2.45) is 5.73 Å². The number of carbonyl (C=O) groups excluding carboxylic acids is 2. The van der Waals surface area contributed by atoms with Crippen LogP contribution in [0.25, 0.3) is 11.1 Å². The van der Waals surface area contributed by atoms with Gasteiger partial charge in [0.05, 0.1) is 5.56 Å². The molecule has 1 unspecified atom stereocenters. The molecule has 0 bridgehead atoms. The Morgan fingerprint density at radius 1 is 1.00 bits per heavy atom. The molecule has 5 nitrogen and oxygen atoms in total. The minimum atomic E-state index is -0.908. The Labute approximate surface area is 134 Å². The van der Waals surface area contributed by atoms with E-state index in [-0.39, 0.29) is 18.6 Å². The lowest BCUT2D eigenvalue weighted by Gasteiger charge is -2.09. The van der Waals surface area contributed by atoms with Crippen LogP contribution in [0.3, 0.4) is 0 Å². The summed E-state index contributed by atoms with van der Waals surface area (Å²) in [5, 5.41) is 8.70. The highest BCUT2D eigenvalue weighted by atomic mass is 16.6. The second kappa shape index (κ2) is 8.22. The Bertz CT molecular complexity index is 652. The fourth-order valence-electron chi connectivity index (χ4n) is 2.08. The normalized spacial score (nSPS) is 11.7. The van der Waals surface area contributed by atoms with Crippen LogP contribution in [0.2, 0.25) is 0 Å². The summed E-state index contributed by atoms with van der Waals surface area (Å²) < 4.78 is 4.76. The third-order valence-electron chi connectivity index (χ3n) is 3.40. The van der Waals surface area contributed by atoms with Crippen molar-refractivity contribution >= 4 is 11.9 Å². The van der Waals surface area contributed by atoms with E-state index in [1.807, 2.05) is 30.3 Å². The third-order valence-corrected chi connectivity index (χ3v) is 3.40. The molecule has 2 aromatic carbocycles.